The van der Waals surface area contributed by atoms with Crippen molar-refractivity contribution < 1.29 is 18.0 Å². The molecule has 4 heteroatoms. The van der Waals surface area contributed by atoms with Crippen LogP contribution in [-0.4, -0.2) is 5.78 Å². The van der Waals surface area contributed by atoms with E-state index in [1.807, 2.05) is 0 Å². The van der Waals surface area contributed by atoms with Gasteiger partial charge in [-0.25, -0.2) is 0 Å². The summed E-state index contributed by atoms with van der Waals surface area (Å²) in [6.07, 6.45) is -1.35. The van der Waals surface area contributed by atoms with Gasteiger partial charge in [0.05, 0.1) is 5.56 Å². The second kappa shape index (κ2) is 3.84. The van der Waals surface area contributed by atoms with Crippen LogP contribution in [0.25, 0.3) is 0 Å². The molecule has 0 saturated heterocycles. The third-order valence-corrected chi connectivity index (χ3v) is 4.21. The molecular weight excluding hydrogens is 241 g/mol. The summed E-state index contributed by atoms with van der Waals surface area (Å²) in [6, 6.07) is 5.12. The summed E-state index contributed by atoms with van der Waals surface area (Å²) < 4.78 is 38.5. The predicted molar refractivity (Wildman–Crippen MR) is 60.1 cm³/mol. The zero-order valence-corrected chi connectivity index (χ0v) is 9.70. The van der Waals surface area contributed by atoms with Crippen LogP contribution in [0, 0.1) is 17.8 Å². The van der Waals surface area contributed by atoms with E-state index >= 15 is 0 Å². The van der Waals surface area contributed by atoms with Gasteiger partial charge in [0.1, 0.15) is 0 Å². The molecule has 0 spiro atoms. The van der Waals surface area contributed by atoms with Crippen molar-refractivity contribution in [1.82, 2.24) is 0 Å². The summed E-state index contributed by atoms with van der Waals surface area (Å²) in [5.41, 5.74) is -0.940. The van der Waals surface area contributed by atoms with Gasteiger partial charge < -0.3 is 0 Å². The number of ketones is 1. The van der Waals surface area contributed by atoms with Gasteiger partial charge in [0.15, 0.2) is 5.78 Å². The smallest absolute Gasteiger partial charge is 0.294 e. The van der Waals surface area contributed by atoms with Gasteiger partial charge in [-0.3, -0.25) is 4.79 Å². The molecule has 2 atom stereocenters. The molecule has 3 rings (SSSR count). The van der Waals surface area contributed by atoms with Crippen LogP contribution >= 0.6 is 0 Å². The molecule has 0 radical (unpaired) electrons. The first-order chi connectivity index (χ1) is 8.50. The molecule has 0 amide bonds. The van der Waals surface area contributed by atoms with Gasteiger partial charge in [-0.2, -0.15) is 13.2 Å². The van der Waals surface area contributed by atoms with E-state index in [4.69, 9.17) is 0 Å². The maximum absolute atomic E-state index is 12.8. The number of Topliss-reactive ketones (excluding diaryl/α,β-unsaturated/α-hetero) is 1. The Morgan fingerprint density at radius 3 is 2.33 bits per heavy atom. The first-order valence-corrected chi connectivity index (χ1v) is 6.20. The van der Waals surface area contributed by atoms with Crippen LogP contribution in [0.15, 0.2) is 24.3 Å². The second-order valence-corrected chi connectivity index (χ2v) is 5.19. The highest BCUT2D eigenvalue weighted by molar-refractivity contribution is 6.01. The standard InChI is InChI=1S/C14H13F3O/c15-14(16,17)11-7-2-1-4-10(11)13(18)12-8-5-3-6-9(8)12/h1-2,4,7-9,12H,3,5-6H2. The Labute approximate surface area is 103 Å². The van der Waals surface area contributed by atoms with Crippen molar-refractivity contribution in [1.29, 1.82) is 0 Å². The van der Waals surface area contributed by atoms with Crippen LogP contribution in [-0.2, 0) is 6.18 Å². The van der Waals surface area contributed by atoms with Crippen LogP contribution in [0.1, 0.15) is 35.2 Å². The van der Waals surface area contributed by atoms with Crippen molar-refractivity contribution in [2.75, 3.05) is 0 Å². The molecule has 1 aromatic rings. The molecule has 0 heterocycles. The first-order valence-electron chi connectivity index (χ1n) is 6.20. The Hall–Kier alpha value is -1.32. The molecular formula is C14H13F3O. The predicted octanol–water partition coefficient (Wildman–Crippen LogP) is 3.93. The minimum absolute atomic E-state index is 0.149. The van der Waals surface area contributed by atoms with Crippen LogP contribution in [0.2, 0.25) is 0 Å². The number of carbonyl (C=O) groups is 1. The minimum atomic E-state index is -4.45. The van der Waals surface area contributed by atoms with Gasteiger partial charge in [-0.15, -0.1) is 0 Å². The van der Waals surface area contributed by atoms with Crippen molar-refractivity contribution in [2.24, 2.45) is 17.8 Å². The summed E-state index contributed by atoms with van der Waals surface area (Å²) >= 11 is 0. The van der Waals surface area contributed by atoms with E-state index in [2.05, 4.69) is 0 Å². The molecule has 2 fully saturated rings. The van der Waals surface area contributed by atoms with Crippen LogP contribution < -0.4 is 0 Å². The third kappa shape index (κ3) is 1.74. The normalized spacial score (nSPS) is 30.1. The maximum Gasteiger partial charge on any atom is 0.417 e. The van der Waals surface area contributed by atoms with E-state index in [1.165, 1.54) is 18.2 Å². The van der Waals surface area contributed by atoms with Crippen molar-refractivity contribution in [3.05, 3.63) is 35.4 Å². The Morgan fingerprint density at radius 2 is 1.72 bits per heavy atom. The van der Waals surface area contributed by atoms with E-state index in [0.717, 1.165) is 25.3 Å². The highest BCUT2D eigenvalue weighted by atomic mass is 19.4. The van der Waals surface area contributed by atoms with Crippen LogP contribution in [0.4, 0.5) is 13.2 Å². The lowest BCUT2D eigenvalue weighted by Gasteiger charge is -2.12. The molecule has 2 saturated carbocycles. The summed E-state index contributed by atoms with van der Waals surface area (Å²) in [5.74, 6) is 0.234. The highest BCUT2D eigenvalue weighted by Gasteiger charge is 2.57. The largest absolute Gasteiger partial charge is 0.417 e. The van der Waals surface area contributed by atoms with Crippen molar-refractivity contribution in [3.8, 4) is 0 Å². The van der Waals surface area contributed by atoms with Gasteiger partial charge >= 0.3 is 6.18 Å². The number of hydrogen-bond acceptors (Lipinski definition) is 1. The quantitative estimate of drug-likeness (QED) is 0.731. The second-order valence-electron chi connectivity index (χ2n) is 5.19. The number of benzene rings is 1. The minimum Gasteiger partial charge on any atom is -0.294 e. The fraction of sp³-hybridized carbons (Fsp3) is 0.500. The van der Waals surface area contributed by atoms with Gasteiger partial charge in [-0.1, -0.05) is 24.6 Å². The summed E-state index contributed by atoms with van der Waals surface area (Å²) in [7, 11) is 0. The number of alkyl halides is 3. The molecule has 0 bridgehead atoms. The van der Waals surface area contributed by atoms with E-state index in [0.29, 0.717) is 11.8 Å². The SMILES string of the molecule is O=C(c1ccccc1C(F)(F)F)C1C2CCCC21. The number of halogens is 3. The Balaban J connectivity index is 1.91. The van der Waals surface area contributed by atoms with Crippen LogP contribution in [0.5, 0.6) is 0 Å². The number of rotatable bonds is 2. The van der Waals surface area contributed by atoms with Gasteiger partial charge in [0, 0.05) is 11.5 Å². The highest BCUT2D eigenvalue weighted by Crippen LogP contribution is 2.58. The Morgan fingerprint density at radius 1 is 1.11 bits per heavy atom. The van der Waals surface area contributed by atoms with Crippen molar-refractivity contribution in [3.63, 3.8) is 0 Å². The monoisotopic (exact) mass is 254 g/mol. The van der Waals surface area contributed by atoms with Crippen molar-refractivity contribution >= 4 is 5.78 Å². The zero-order chi connectivity index (χ0) is 12.9. The molecule has 0 N–H and O–H groups in total. The maximum atomic E-state index is 12.8. The molecule has 0 aromatic heterocycles. The van der Waals surface area contributed by atoms with E-state index in [1.54, 1.807) is 0 Å². The van der Waals surface area contributed by atoms with Crippen molar-refractivity contribution in [2.45, 2.75) is 25.4 Å². The molecule has 96 valence electrons. The molecule has 1 nitrogen and oxygen atoms in total. The zero-order valence-electron chi connectivity index (χ0n) is 9.70. The lowest BCUT2D eigenvalue weighted by molar-refractivity contribution is -0.137. The van der Waals surface area contributed by atoms with E-state index in [9.17, 15) is 18.0 Å². The molecule has 0 aliphatic heterocycles. The fourth-order valence-corrected chi connectivity index (χ4v) is 3.34. The summed E-state index contributed by atoms with van der Waals surface area (Å²) in [5, 5.41) is 0. The Kier molecular flexibility index (Phi) is 2.50. The van der Waals surface area contributed by atoms with Gasteiger partial charge in [-0.05, 0) is 30.7 Å². The number of fused-ring (bicyclic) bond motifs is 1. The molecule has 1 aromatic carbocycles. The van der Waals surface area contributed by atoms with Gasteiger partial charge in [0.25, 0.3) is 0 Å². The third-order valence-electron chi connectivity index (χ3n) is 4.21. The van der Waals surface area contributed by atoms with E-state index in [-0.39, 0.29) is 17.3 Å². The van der Waals surface area contributed by atoms with E-state index < -0.39 is 11.7 Å². The first kappa shape index (κ1) is 11.8. The lowest BCUT2D eigenvalue weighted by Crippen LogP contribution is -2.15. The number of carbonyl (C=O) groups excluding carboxylic acids is 1. The van der Waals surface area contributed by atoms with Gasteiger partial charge in [0.2, 0.25) is 0 Å². The topological polar surface area (TPSA) is 17.1 Å². The molecule has 2 aliphatic rings. The van der Waals surface area contributed by atoms with Crippen LogP contribution in [0.3, 0.4) is 0 Å². The summed E-state index contributed by atoms with van der Waals surface area (Å²) in [6.45, 7) is 0. The molecule has 2 unspecified atom stereocenters. The molecule has 18 heavy (non-hydrogen) atoms. The Bertz CT molecular complexity index is 482. The lowest BCUT2D eigenvalue weighted by atomic mass is 9.97. The average molecular weight is 254 g/mol. The summed E-state index contributed by atoms with van der Waals surface area (Å²) in [4.78, 5) is 12.2. The fourth-order valence-electron chi connectivity index (χ4n) is 3.34. The molecule has 2 aliphatic carbocycles. The average Bonchev–Trinajstić information content (AvgIpc) is 2.80. The number of hydrogen-bond donors (Lipinski definition) is 0.